The molecule has 1 nitrogen and oxygen atoms in total. The maximum atomic E-state index is 12.3. The van der Waals surface area contributed by atoms with Gasteiger partial charge in [0, 0.05) is 5.56 Å². The molecule has 2 aromatic rings. The monoisotopic (exact) mass is 304 g/mol. The quantitative estimate of drug-likeness (QED) is 0.504. The van der Waals surface area contributed by atoms with E-state index in [1.54, 1.807) is 6.08 Å². The molecule has 118 valence electrons. The van der Waals surface area contributed by atoms with Crippen molar-refractivity contribution in [3.05, 3.63) is 76.9 Å². The van der Waals surface area contributed by atoms with E-state index in [-0.39, 0.29) is 5.78 Å². The van der Waals surface area contributed by atoms with E-state index < -0.39 is 0 Å². The molecular formula is C22H24O. The van der Waals surface area contributed by atoms with Gasteiger partial charge in [0.15, 0.2) is 5.78 Å². The van der Waals surface area contributed by atoms with Crippen molar-refractivity contribution in [2.45, 2.75) is 44.9 Å². The topological polar surface area (TPSA) is 17.1 Å². The van der Waals surface area contributed by atoms with Crippen LogP contribution in [0.4, 0.5) is 0 Å². The molecule has 3 rings (SSSR count). The number of rotatable bonds is 4. The molecule has 1 fully saturated rings. The van der Waals surface area contributed by atoms with Crippen molar-refractivity contribution in [1.29, 1.82) is 0 Å². The molecular weight excluding hydrogens is 280 g/mol. The maximum absolute atomic E-state index is 12.3. The molecule has 0 aliphatic heterocycles. The standard InChI is InChI=1S/C22H24O/c1-17-7-9-18(10-8-17)11-16-22(23)21-14-12-20(13-15-21)19-5-3-2-4-6-19/h7-16,19H,2-6H2,1H3. The zero-order chi connectivity index (χ0) is 16.1. The zero-order valence-electron chi connectivity index (χ0n) is 13.8. The predicted molar refractivity (Wildman–Crippen MR) is 96.8 cm³/mol. The van der Waals surface area contributed by atoms with Crippen LogP contribution < -0.4 is 0 Å². The third kappa shape index (κ3) is 4.19. The number of carbonyl (C=O) groups excluding carboxylic acids is 1. The summed E-state index contributed by atoms with van der Waals surface area (Å²) in [6.07, 6.45) is 10.2. The van der Waals surface area contributed by atoms with Crippen LogP contribution in [0.25, 0.3) is 6.08 Å². The number of allylic oxidation sites excluding steroid dienone is 1. The molecule has 0 saturated heterocycles. The van der Waals surface area contributed by atoms with Crippen molar-refractivity contribution in [1.82, 2.24) is 0 Å². The van der Waals surface area contributed by atoms with Gasteiger partial charge >= 0.3 is 0 Å². The Morgan fingerprint density at radius 2 is 1.57 bits per heavy atom. The highest BCUT2D eigenvalue weighted by Crippen LogP contribution is 2.32. The number of hydrogen-bond acceptors (Lipinski definition) is 1. The Morgan fingerprint density at radius 1 is 0.913 bits per heavy atom. The Labute approximate surface area is 139 Å². The molecule has 1 heteroatoms. The summed E-state index contributed by atoms with van der Waals surface area (Å²) in [6.45, 7) is 2.06. The number of ketones is 1. The molecule has 2 aromatic carbocycles. The summed E-state index contributed by atoms with van der Waals surface area (Å²) in [5, 5.41) is 0. The van der Waals surface area contributed by atoms with Gasteiger partial charge in [-0.15, -0.1) is 0 Å². The Hall–Kier alpha value is -2.15. The van der Waals surface area contributed by atoms with Gasteiger partial charge < -0.3 is 0 Å². The van der Waals surface area contributed by atoms with Gasteiger partial charge in [-0.05, 0) is 42.9 Å². The summed E-state index contributed by atoms with van der Waals surface area (Å²) in [7, 11) is 0. The summed E-state index contributed by atoms with van der Waals surface area (Å²) in [6, 6.07) is 16.4. The second-order valence-corrected chi connectivity index (χ2v) is 6.57. The molecule has 0 bridgehead atoms. The largest absolute Gasteiger partial charge is 0.289 e. The molecule has 23 heavy (non-hydrogen) atoms. The third-order valence-electron chi connectivity index (χ3n) is 4.78. The Morgan fingerprint density at radius 3 is 2.22 bits per heavy atom. The van der Waals surface area contributed by atoms with Crippen molar-refractivity contribution in [2.24, 2.45) is 0 Å². The first kappa shape index (κ1) is 15.7. The minimum atomic E-state index is 0.0702. The molecule has 0 radical (unpaired) electrons. The Kier molecular flexibility index (Phi) is 5.07. The lowest BCUT2D eigenvalue weighted by molar-refractivity contribution is 0.104. The third-order valence-corrected chi connectivity index (χ3v) is 4.78. The summed E-state index contributed by atoms with van der Waals surface area (Å²) in [5.74, 6) is 0.761. The number of carbonyl (C=O) groups is 1. The van der Waals surface area contributed by atoms with Crippen LogP contribution >= 0.6 is 0 Å². The van der Waals surface area contributed by atoms with E-state index in [4.69, 9.17) is 0 Å². The molecule has 0 heterocycles. The van der Waals surface area contributed by atoms with E-state index in [1.807, 2.05) is 30.3 Å². The first-order valence-corrected chi connectivity index (χ1v) is 8.61. The summed E-state index contributed by atoms with van der Waals surface area (Å²) >= 11 is 0. The smallest absolute Gasteiger partial charge is 0.185 e. The van der Waals surface area contributed by atoms with Crippen LogP contribution in [0, 0.1) is 6.92 Å². The fourth-order valence-corrected chi connectivity index (χ4v) is 3.30. The summed E-state index contributed by atoms with van der Waals surface area (Å²) in [5.41, 5.74) is 4.45. The van der Waals surface area contributed by atoms with Crippen LogP contribution in [0.2, 0.25) is 0 Å². The lowest BCUT2D eigenvalue weighted by atomic mass is 9.84. The molecule has 0 atom stereocenters. The highest BCUT2D eigenvalue weighted by atomic mass is 16.1. The number of benzene rings is 2. The highest BCUT2D eigenvalue weighted by Gasteiger charge is 2.15. The van der Waals surface area contributed by atoms with Crippen LogP contribution in [-0.2, 0) is 0 Å². The van der Waals surface area contributed by atoms with E-state index in [1.165, 1.54) is 43.2 Å². The van der Waals surface area contributed by atoms with Crippen LogP contribution in [0.5, 0.6) is 0 Å². The second-order valence-electron chi connectivity index (χ2n) is 6.57. The molecule has 0 unspecified atom stereocenters. The fourth-order valence-electron chi connectivity index (χ4n) is 3.30. The Bertz CT molecular complexity index is 671. The van der Waals surface area contributed by atoms with Crippen LogP contribution in [0.3, 0.4) is 0 Å². The van der Waals surface area contributed by atoms with Gasteiger partial charge in [-0.1, -0.05) is 79.4 Å². The minimum absolute atomic E-state index is 0.0702. The zero-order valence-corrected chi connectivity index (χ0v) is 13.8. The molecule has 1 aliphatic rings. The van der Waals surface area contributed by atoms with E-state index in [0.717, 1.165) is 11.1 Å². The molecule has 1 aliphatic carbocycles. The molecule has 0 aromatic heterocycles. The van der Waals surface area contributed by atoms with Gasteiger partial charge in [-0.25, -0.2) is 0 Å². The van der Waals surface area contributed by atoms with Crippen molar-refractivity contribution in [3.8, 4) is 0 Å². The summed E-state index contributed by atoms with van der Waals surface area (Å²) < 4.78 is 0. The minimum Gasteiger partial charge on any atom is -0.289 e. The van der Waals surface area contributed by atoms with Gasteiger partial charge in [0.05, 0.1) is 0 Å². The Balaban J connectivity index is 1.66. The lowest BCUT2D eigenvalue weighted by Gasteiger charge is -2.21. The van der Waals surface area contributed by atoms with Crippen LogP contribution in [0.1, 0.15) is 65.1 Å². The summed E-state index contributed by atoms with van der Waals surface area (Å²) in [4.78, 5) is 12.3. The van der Waals surface area contributed by atoms with E-state index in [2.05, 4.69) is 31.2 Å². The van der Waals surface area contributed by atoms with Gasteiger partial charge in [0.25, 0.3) is 0 Å². The molecule has 0 amide bonds. The second kappa shape index (κ2) is 7.41. The highest BCUT2D eigenvalue weighted by molar-refractivity contribution is 6.06. The SMILES string of the molecule is Cc1ccc(C=CC(=O)c2ccc(C3CCCCC3)cc2)cc1. The van der Waals surface area contributed by atoms with Gasteiger partial charge in [0.1, 0.15) is 0 Å². The first-order chi connectivity index (χ1) is 11.2. The maximum Gasteiger partial charge on any atom is 0.185 e. The molecule has 0 N–H and O–H groups in total. The average Bonchev–Trinajstić information content (AvgIpc) is 2.62. The van der Waals surface area contributed by atoms with E-state index >= 15 is 0 Å². The van der Waals surface area contributed by atoms with Crippen molar-refractivity contribution >= 4 is 11.9 Å². The van der Waals surface area contributed by atoms with E-state index in [0.29, 0.717) is 5.92 Å². The van der Waals surface area contributed by atoms with Gasteiger partial charge in [0.2, 0.25) is 0 Å². The first-order valence-electron chi connectivity index (χ1n) is 8.61. The molecule has 1 saturated carbocycles. The van der Waals surface area contributed by atoms with Crippen LogP contribution in [-0.4, -0.2) is 5.78 Å². The number of aryl methyl sites for hydroxylation is 1. The van der Waals surface area contributed by atoms with Crippen molar-refractivity contribution < 1.29 is 4.79 Å². The average molecular weight is 304 g/mol. The van der Waals surface area contributed by atoms with Gasteiger partial charge in [-0.3, -0.25) is 4.79 Å². The number of hydrogen-bond donors (Lipinski definition) is 0. The normalized spacial score (nSPS) is 15.9. The van der Waals surface area contributed by atoms with Crippen molar-refractivity contribution in [3.63, 3.8) is 0 Å². The van der Waals surface area contributed by atoms with Crippen molar-refractivity contribution in [2.75, 3.05) is 0 Å². The molecule has 0 spiro atoms. The van der Waals surface area contributed by atoms with E-state index in [9.17, 15) is 4.79 Å². The fraction of sp³-hybridized carbons (Fsp3) is 0.318. The predicted octanol–water partition coefficient (Wildman–Crippen LogP) is 5.94. The van der Waals surface area contributed by atoms with Crippen LogP contribution in [0.15, 0.2) is 54.6 Å². The van der Waals surface area contributed by atoms with Gasteiger partial charge in [-0.2, -0.15) is 0 Å². The lowest BCUT2D eigenvalue weighted by Crippen LogP contribution is -2.04.